The molecule has 82 valence electrons. The molecular weight excluding hydrogens is 172 g/mol. The smallest absolute Gasteiger partial charge is 0.0772 e. The van der Waals surface area contributed by atoms with Crippen LogP contribution in [0.4, 0.5) is 0 Å². The maximum Gasteiger partial charge on any atom is 0.0772 e. The summed E-state index contributed by atoms with van der Waals surface area (Å²) in [7, 11) is 0. The Labute approximate surface area is 88.5 Å². The van der Waals surface area contributed by atoms with Crippen LogP contribution in [0.25, 0.3) is 0 Å². The monoisotopic (exact) mass is 196 g/mol. The maximum absolute atomic E-state index is 9.69. The Morgan fingerprint density at radius 1 is 0.929 bits per heavy atom. The van der Waals surface area contributed by atoms with E-state index in [0.717, 1.165) is 0 Å². The van der Waals surface area contributed by atoms with E-state index in [1.165, 1.54) is 0 Å². The number of rotatable bonds is 2. The van der Waals surface area contributed by atoms with Gasteiger partial charge in [-0.15, -0.1) is 0 Å². The molecule has 0 amide bonds. The zero-order chi connectivity index (χ0) is 11.4. The second-order valence-corrected chi connectivity index (χ2v) is 5.92. The Hall–Kier alpha value is -0.560. The second kappa shape index (κ2) is 4.79. The lowest BCUT2D eigenvalue weighted by Gasteiger charge is -2.22. The van der Waals surface area contributed by atoms with Crippen LogP contribution in [-0.4, -0.2) is 11.2 Å². The molecule has 0 aromatic carbocycles. The summed E-state index contributed by atoms with van der Waals surface area (Å²) in [5, 5.41) is 9.69. The molecule has 0 rings (SSSR count). The fourth-order valence-corrected chi connectivity index (χ4v) is 0.802. The molecule has 0 spiro atoms. The molecule has 0 radical (unpaired) electrons. The van der Waals surface area contributed by atoms with Crippen LogP contribution < -0.4 is 0 Å². The first kappa shape index (κ1) is 13.4. The SMILES string of the molecule is CC(C)(C)/C=C/C=C/C(O)C(C)(C)C. The molecular formula is C13H24O. The van der Waals surface area contributed by atoms with Gasteiger partial charge in [-0.25, -0.2) is 0 Å². The van der Waals surface area contributed by atoms with Crippen molar-refractivity contribution in [3.8, 4) is 0 Å². The molecule has 0 aromatic heterocycles. The zero-order valence-corrected chi connectivity index (χ0v) is 10.3. The molecule has 1 atom stereocenters. The topological polar surface area (TPSA) is 20.2 Å². The van der Waals surface area contributed by atoms with Crippen LogP contribution in [0.5, 0.6) is 0 Å². The second-order valence-electron chi connectivity index (χ2n) is 5.92. The fourth-order valence-electron chi connectivity index (χ4n) is 0.802. The summed E-state index contributed by atoms with van der Waals surface area (Å²) in [4.78, 5) is 0. The molecule has 1 heteroatoms. The van der Waals surface area contributed by atoms with E-state index in [2.05, 4.69) is 26.8 Å². The van der Waals surface area contributed by atoms with Crippen LogP contribution in [0.15, 0.2) is 24.3 Å². The van der Waals surface area contributed by atoms with E-state index >= 15 is 0 Å². The van der Waals surface area contributed by atoms with Crippen molar-refractivity contribution >= 4 is 0 Å². The predicted octanol–water partition coefficient (Wildman–Crippen LogP) is 3.55. The van der Waals surface area contributed by atoms with E-state index in [1.54, 1.807) is 0 Å². The van der Waals surface area contributed by atoms with E-state index in [0.29, 0.717) is 0 Å². The number of hydrogen-bond acceptors (Lipinski definition) is 1. The lowest BCUT2D eigenvalue weighted by molar-refractivity contribution is 0.105. The average molecular weight is 196 g/mol. The highest BCUT2D eigenvalue weighted by Crippen LogP contribution is 2.20. The van der Waals surface area contributed by atoms with Crippen LogP contribution >= 0.6 is 0 Å². The van der Waals surface area contributed by atoms with Crippen LogP contribution in [-0.2, 0) is 0 Å². The molecule has 0 bridgehead atoms. The van der Waals surface area contributed by atoms with E-state index in [-0.39, 0.29) is 16.9 Å². The van der Waals surface area contributed by atoms with Gasteiger partial charge in [-0.2, -0.15) is 0 Å². The van der Waals surface area contributed by atoms with E-state index in [4.69, 9.17) is 0 Å². The summed E-state index contributed by atoms with van der Waals surface area (Å²) in [5.74, 6) is 0. The lowest BCUT2D eigenvalue weighted by atomic mass is 9.89. The molecule has 0 saturated carbocycles. The molecule has 0 saturated heterocycles. The number of aliphatic hydroxyl groups is 1. The van der Waals surface area contributed by atoms with Gasteiger partial charge in [0.1, 0.15) is 0 Å². The minimum atomic E-state index is -0.382. The maximum atomic E-state index is 9.69. The number of hydrogen-bond donors (Lipinski definition) is 1. The molecule has 1 unspecified atom stereocenters. The van der Waals surface area contributed by atoms with Crippen LogP contribution in [0.3, 0.4) is 0 Å². The van der Waals surface area contributed by atoms with Gasteiger partial charge in [0.15, 0.2) is 0 Å². The highest BCUT2D eigenvalue weighted by atomic mass is 16.3. The van der Waals surface area contributed by atoms with Crippen LogP contribution in [0, 0.1) is 10.8 Å². The van der Waals surface area contributed by atoms with Crippen LogP contribution in [0.2, 0.25) is 0 Å². The summed E-state index contributed by atoms with van der Waals surface area (Å²) < 4.78 is 0. The summed E-state index contributed by atoms with van der Waals surface area (Å²) in [6.07, 6.45) is 7.49. The van der Waals surface area contributed by atoms with Crippen molar-refractivity contribution in [1.29, 1.82) is 0 Å². The van der Waals surface area contributed by atoms with Crippen molar-refractivity contribution in [2.75, 3.05) is 0 Å². The summed E-state index contributed by atoms with van der Waals surface area (Å²) >= 11 is 0. The molecule has 14 heavy (non-hydrogen) atoms. The van der Waals surface area contributed by atoms with Gasteiger partial charge in [0.2, 0.25) is 0 Å². The summed E-state index contributed by atoms with van der Waals surface area (Å²) in [6, 6.07) is 0. The van der Waals surface area contributed by atoms with Crippen molar-refractivity contribution in [3.63, 3.8) is 0 Å². The summed E-state index contributed by atoms with van der Waals surface area (Å²) in [5.41, 5.74) is 0.128. The molecule has 0 heterocycles. The Morgan fingerprint density at radius 2 is 1.43 bits per heavy atom. The molecule has 0 aliphatic heterocycles. The van der Waals surface area contributed by atoms with Gasteiger partial charge in [-0.3, -0.25) is 0 Å². The molecule has 0 aromatic rings. The first-order valence-electron chi connectivity index (χ1n) is 5.17. The molecule has 0 fully saturated rings. The number of aliphatic hydroxyl groups excluding tert-OH is 1. The van der Waals surface area contributed by atoms with Crippen molar-refractivity contribution < 1.29 is 5.11 Å². The van der Waals surface area contributed by atoms with Crippen molar-refractivity contribution in [1.82, 2.24) is 0 Å². The van der Waals surface area contributed by atoms with Crippen molar-refractivity contribution in [3.05, 3.63) is 24.3 Å². The van der Waals surface area contributed by atoms with Gasteiger partial charge in [0.25, 0.3) is 0 Å². The normalized spacial score (nSPS) is 16.8. The minimum Gasteiger partial charge on any atom is -0.388 e. The first-order chi connectivity index (χ1) is 6.13. The molecule has 1 N–H and O–H groups in total. The molecule has 0 aliphatic carbocycles. The highest BCUT2D eigenvalue weighted by molar-refractivity contribution is 5.09. The third-order valence-corrected chi connectivity index (χ3v) is 1.89. The van der Waals surface area contributed by atoms with Gasteiger partial charge in [-0.1, -0.05) is 65.8 Å². The van der Waals surface area contributed by atoms with E-state index < -0.39 is 0 Å². The Balaban J connectivity index is 4.15. The Morgan fingerprint density at radius 3 is 1.79 bits per heavy atom. The van der Waals surface area contributed by atoms with Crippen molar-refractivity contribution in [2.24, 2.45) is 10.8 Å². The zero-order valence-electron chi connectivity index (χ0n) is 10.3. The van der Waals surface area contributed by atoms with E-state index in [9.17, 15) is 5.11 Å². The lowest BCUT2D eigenvalue weighted by Crippen LogP contribution is -2.23. The Kier molecular flexibility index (Phi) is 4.60. The predicted molar refractivity (Wildman–Crippen MR) is 63.2 cm³/mol. The molecule has 0 aliphatic rings. The first-order valence-corrected chi connectivity index (χ1v) is 5.17. The third kappa shape index (κ3) is 6.90. The third-order valence-electron chi connectivity index (χ3n) is 1.89. The van der Waals surface area contributed by atoms with Gasteiger partial charge < -0.3 is 5.11 Å². The van der Waals surface area contributed by atoms with Gasteiger partial charge in [0, 0.05) is 0 Å². The molecule has 1 nitrogen and oxygen atoms in total. The largest absolute Gasteiger partial charge is 0.388 e. The van der Waals surface area contributed by atoms with Crippen molar-refractivity contribution in [2.45, 2.75) is 47.6 Å². The average Bonchev–Trinajstić information content (AvgIpc) is 1.93. The Bertz CT molecular complexity index is 210. The highest BCUT2D eigenvalue weighted by Gasteiger charge is 2.18. The van der Waals surface area contributed by atoms with Crippen LogP contribution in [0.1, 0.15) is 41.5 Å². The standard InChI is InChI=1S/C13H24O/c1-12(2,3)10-8-7-9-11(14)13(4,5)6/h7-11,14H,1-6H3/b9-7+,10-8+. The summed E-state index contributed by atoms with van der Waals surface area (Å²) in [6.45, 7) is 12.5. The fraction of sp³-hybridized carbons (Fsp3) is 0.692. The van der Waals surface area contributed by atoms with Gasteiger partial charge >= 0.3 is 0 Å². The van der Waals surface area contributed by atoms with Gasteiger partial charge in [0.05, 0.1) is 6.10 Å². The quantitative estimate of drug-likeness (QED) is 0.670. The number of allylic oxidation sites excluding steroid dienone is 3. The van der Waals surface area contributed by atoms with E-state index in [1.807, 2.05) is 39.0 Å². The minimum absolute atomic E-state index is 0.0773. The van der Waals surface area contributed by atoms with Gasteiger partial charge in [-0.05, 0) is 10.8 Å².